The van der Waals surface area contributed by atoms with Crippen LogP contribution in [0.25, 0.3) is 0 Å². The van der Waals surface area contributed by atoms with Crippen LogP contribution in [-0.4, -0.2) is 59.6 Å². The number of rotatable bonds is 6. The number of imide groups is 1. The number of nitrogens with one attached hydrogen (secondary N) is 1. The molecule has 0 bridgehead atoms. The second kappa shape index (κ2) is 6.49. The molecule has 1 aliphatic heterocycles. The lowest BCUT2D eigenvalue weighted by molar-refractivity contribution is -0.141. The van der Waals surface area contributed by atoms with Crippen molar-refractivity contribution >= 4 is 17.8 Å². The fourth-order valence-corrected chi connectivity index (χ4v) is 4.45. The van der Waals surface area contributed by atoms with Gasteiger partial charge in [-0.2, -0.15) is 0 Å². The van der Waals surface area contributed by atoms with Crippen molar-refractivity contribution in [2.24, 2.45) is 11.1 Å². The summed E-state index contributed by atoms with van der Waals surface area (Å²) in [6, 6.07) is 2.23. The average molecular weight is 374 g/mol. The fourth-order valence-electron chi connectivity index (χ4n) is 4.45. The zero-order chi connectivity index (χ0) is 19.2. The molecule has 3 N–H and O–H groups in total. The summed E-state index contributed by atoms with van der Waals surface area (Å²) in [7, 11) is 1.50. The summed E-state index contributed by atoms with van der Waals surface area (Å²) in [5.74, 6) is -0.523. The van der Waals surface area contributed by atoms with Gasteiger partial charge in [0.25, 0.3) is 11.8 Å². The Morgan fingerprint density at radius 2 is 2.11 bits per heavy atom. The lowest BCUT2D eigenvalue weighted by Gasteiger charge is -2.58. The maximum Gasteiger partial charge on any atom is 0.325 e. The minimum Gasteiger partial charge on any atom is -0.474 e. The number of hydrogen-bond acceptors (Lipinski definition) is 6. The molecule has 0 unspecified atom stereocenters. The molecule has 0 aromatic carbocycles. The molecule has 1 atom stereocenters. The lowest BCUT2D eigenvalue weighted by atomic mass is 9.52. The van der Waals surface area contributed by atoms with Crippen molar-refractivity contribution < 1.29 is 23.9 Å². The van der Waals surface area contributed by atoms with Crippen molar-refractivity contribution in [1.29, 1.82) is 0 Å². The standard InChI is InChI=1S/C18H22N4O5/c1-26-9-13-16(24)22(17(25)21-13)10-5-18(6-10)7-11(8-18)27-15-12(14(19)23)3-2-4-20-15/h2-4,10-11,13H,5-9H2,1H3,(H2,19,23)(H,21,25)/t10?,11?,13-,18?/m0/s1. The number of primary amides is 1. The van der Waals surface area contributed by atoms with Gasteiger partial charge in [-0.1, -0.05) is 0 Å². The van der Waals surface area contributed by atoms with Gasteiger partial charge in [0.15, 0.2) is 0 Å². The zero-order valence-electron chi connectivity index (χ0n) is 15.0. The number of ether oxygens (including phenoxy) is 2. The number of nitrogens with zero attached hydrogens (tertiary/aromatic N) is 2. The van der Waals surface area contributed by atoms with E-state index in [1.165, 1.54) is 12.0 Å². The molecule has 0 radical (unpaired) electrons. The number of carbonyl (C=O) groups is 3. The number of methoxy groups -OCH3 is 1. The lowest BCUT2D eigenvalue weighted by Crippen LogP contribution is -2.60. The Bertz CT molecular complexity index is 784. The third-order valence-corrected chi connectivity index (χ3v) is 5.72. The maximum atomic E-state index is 12.4. The van der Waals surface area contributed by atoms with Crippen LogP contribution >= 0.6 is 0 Å². The molecule has 1 spiro atoms. The Kier molecular flexibility index (Phi) is 4.26. The zero-order valence-corrected chi connectivity index (χ0v) is 15.0. The maximum absolute atomic E-state index is 12.4. The largest absolute Gasteiger partial charge is 0.474 e. The molecule has 4 rings (SSSR count). The van der Waals surface area contributed by atoms with Gasteiger partial charge in [-0.05, 0) is 43.2 Å². The molecule has 1 aromatic heterocycles. The van der Waals surface area contributed by atoms with Gasteiger partial charge in [-0.3, -0.25) is 14.5 Å². The number of aromatic nitrogens is 1. The number of urea groups is 1. The van der Waals surface area contributed by atoms with E-state index in [1.807, 2.05) is 0 Å². The molecule has 2 heterocycles. The number of nitrogens with two attached hydrogens (primary N) is 1. The monoisotopic (exact) mass is 374 g/mol. The second-order valence-electron chi connectivity index (χ2n) is 7.60. The van der Waals surface area contributed by atoms with Crippen LogP contribution in [0, 0.1) is 5.41 Å². The van der Waals surface area contributed by atoms with E-state index in [9.17, 15) is 14.4 Å². The summed E-state index contributed by atoms with van der Waals surface area (Å²) < 4.78 is 10.8. The number of hydrogen-bond donors (Lipinski definition) is 2. The van der Waals surface area contributed by atoms with E-state index in [1.54, 1.807) is 18.3 Å². The highest BCUT2D eigenvalue weighted by molar-refractivity contribution is 6.04. The Labute approximate surface area is 156 Å². The first-order valence-electron chi connectivity index (χ1n) is 8.96. The predicted octanol–water partition coefficient (Wildman–Crippen LogP) is 0.437. The van der Waals surface area contributed by atoms with E-state index in [4.69, 9.17) is 15.2 Å². The van der Waals surface area contributed by atoms with Crippen LogP contribution in [0.5, 0.6) is 5.88 Å². The minimum atomic E-state index is -0.590. The summed E-state index contributed by atoms with van der Waals surface area (Å²) >= 11 is 0. The van der Waals surface area contributed by atoms with Crippen LogP contribution in [-0.2, 0) is 9.53 Å². The fraction of sp³-hybridized carbons (Fsp3) is 0.556. The third-order valence-electron chi connectivity index (χ3n) is 5.72. The van der Waals surface area contributed by atoms with Crippen molar-refractivity contribution in [3.05, 3.63) is 23.9 Å². The molecule has 2 aliphatic carbocycles. The summed E-state index contributed by atoms with van der Waals surface area (Å²) in [5, 5.41) is 2.66. The minimum absolute atomic E-state index is 0.0386. The average Bonchev–Trinajstić information content (AvgIpc) is 2.83. The predicted molar refractivity (Wildman–Crippen MR) is 92.9 cm³/mol. The summed E-state index contributed by atoms with van der Waals surface area (Å²) in [4.78, 5) is 41.3. The molecular formula is C18H22N4O5. The van der Waals surface area contributed by atoms with Crippen LogP contribution < -0.4 is 15.8 Å². The molecular weight excluding hydrogens is 352 g/mol. The highest BCUT2D eigenvalue weighted by atomic mass is 16.5. The Morgan fingerprint density at radius 3 is 2.78 bits per heavy atom. The number of amides is 4. The molecule has 1 saturated heterocycles. The molecule has 27 heavy (non-hydrogen) atoms. The highest BCUT2D eigenvalue weighted by Gasteiger charge is 2.58. The van der Waals surface area contributed by atoms with Gasteiger partial charge in [-0.25, -0.2) is 9.78 Å². The summed E-state index contributed by atoms with van der Waals surface area (Å²) in [5.41, 5.74) is 5.71. The van der Waals surface area contributed by atoms with Gasteiger partial charge in [0.1, 0.15) is 17.7 Å². The summed E-state index contributed by atoms with van der Waals surface area (Å²) in [6.07, 6.45) is 4.69. The topological polar surface area (TPSA) is 124 Å². The SMILES string of the molecule is COC[C@@H]1NC(=O)N(C2CC3(CC(Oc4ncccc4C(N)=O)C3)C2)C1=O. The normalized spacial score (nSPS) is 32.0. The van der Waals surface area contributed by atoms with Crippen LogP contribution in [0.4, 0.5) is 4.79 Å². The van der Waals surface area contributed by atoms with Crippen molar-refractivity contribution in [3.8, 4) is 5.88 Å². The first-order valence-corrected chi connectivity index (χ1v) is 8.96. The molecule has 4 amide bonds. The van der Waals surface area contributed by atoms with E-state index in [0.717, 1.165) is 25.7 Å². The highest BCUT2D eigenvalue weighted by Crippen LogP contribution is 2.58. The molecule has 3 aliphatic rings. The van der Waals surface area contributed by atoms with Gasteiger partial charge < -0.3 is 20.5 Å². The number of carbonyl (C=O) groups excluding carboxylic acids is 3. The molecule has 2 saturated carbocycles. The smallest absolute Gasteiger partial charge is 0.325 e. The first kappa shape index (κ1) is 17.7. The van der Waals surface area contributed by atoms with Gasteiger partial charge in [0, 0.05) is 19.3 Å². The van der Waals surface area contributed by atoms with Crippen LogP contribution in [0.1, 0.15) is 36.0 Å². The van der Waals surface area contributed by atoms with Crippen LogP contribution in [0.2, 0.25) is 0 Å². The van der Waals surface area contributed by atoms with E-state index in [0.29, 0.717) is 0 Å². The van der Waals surface area contributed by atoms with Crippen molar-refractivity contribution in [3.63, 3.8) is 0 Å². The van der Waals surface area contributed by atoms with Gasteiger partial charge in [0.2, 0.25) is 5.88 Å². The molecule has 9 heteroatoms. The van der Waals surface area contributed by atoms with Crippen molar-refractivity contribution in [2.75, 3.05) is 13.7 Å². The Hall–Kier alpha value is -2.68. The van der Waals surface area contributed by atoms with Gasteiger partial charge in [-0.15, -0.1) is 0 Å². The Morgan fingerprint density at radius 1 is 1.37 bits per heavy atom. The van der Waals surface area contributed by atoms with E-state index in [2.05, 4.69) is 10.3 Å². The van der Waals surface area contributed by atoms with Crippen molar-refractivity contribution in [1.82, 2.24) is 15.2 Å². The molecule has 144 valence electrons. The third kappa shape index (κ3) is 3.01. The molecule has 9 nitrogen and oxygen atoms in total. The summed E-state index contributed by atoms with van der Waals surface area (Å²) in [6.45, 7) is 0.182. The molecule has 3 fully saturated rings. The first-order chi connectivity index (χ1) is 12.9. The van der Waals surface area contributed by atoms with Crippen LogP contribution in [0.3, 0.4) is 0 Å². The second-order valence-corrected chi connectivity index (χ2v) is 7.60. The quantitative estimate of drug-likeness (QED) is 0.696. The van der Waals surface area contributed by atoms with E-state index in [-0.39, 0.29) is 47.5 Å². The number of pyridine rings is 1. The van der Waals surface area contributed by atoms with E-state index >= 15 is 0 Å². The van der Waals surface area contributed by atoms with Gasteiger partial charge >= 0.3 is 6.03 Å². The van der Waals surface area contributed by atoms with Gasteiger partial charge in [0.05, 0.1) is 6.61 Å². The van der Waals surface area contributed by atoms with Crippen LogP contribution in [0.15, 0.2) is 18.3 Å². The van der Waals surface area contributed by atoms with E-state index < -0.39 is 11.9 Å². The molecule has 1 aromatic rings. The Balaban J connectivity index is 1.31. The van der Waals surface area contributed by atoms with Crippen molar-refractivity contribution in [2.45, 2.75) is 43.9 Å².